The van der Waals surface area contributed by atoms with Gasteiger partial charge in [-0.25, -0.2) is 0 Å². The van der Waals surface area contributed by atoms with Crippen LogP contribution in [-0.4, -0.2) is 6.04 Å². The molecule has 0 unspecified atom stereocenters. The Morgan fingerprint density at radius 2 is 2.05 bits per heavy atom. The molecule has 2 rings (SSSR count). The standard InChI is InChI=1S/C15H21NO3/c1-11(2)16-8-15-12(3)7-14(19-15)10-17-9-13-5-4-6-18-13/h4-7,11,16H,8-10H2,1-3H3. The minimum atomic E-state index is 0.447. The Balaban J connectivity index is 1.82. The first kappa shape index (κ1) is 13.9. The highest BCUT2D eigenvalue weighted by Crippen LogP contribution is 2.16. The van der Waals surface area contributed by atoms with Crippen molar-refractivity contribution in [1.82, 2.24) is 5.32 Å². The van der Waals surface area contributed by atoms with Crippen LogP contribution >= 0.6 is 0 Å². The lowest BCUT2D eigenvalue weighted by molar-refractivity contribution is 0.0795. The number of hydrogen-bond donors (Lipinski definition) is 1. The zero-order valence-corrected chi connectivity index (χ0v) is 11.7. The van der Waals surface area contributed by atoms with Gasteiger partial charge in [-0.2, -0.15) is 0 Å². The van der Waals surface area contributed by atoms with E-state index in [2.05, 4.69) is 26.1 Å². The molecule has 0 aliphatic rings. The van der Waals surface area contributed by atoms with Gasteiger partial charge in [0, 0.05) is 6.04 Å². The topological polar surface area (TPSA) is 47.5 Å². The summed E-state index contributed by atoms with van der Waals surface area (Å²) in [7, 11) is 0. The largest absolute Gasteiger partial charge is 0.467 e. The third kappa shape index (κ3) is 4.26. The van der Waals surface area contributed by atoms with Crippen LogP contribution in [-0.2, 0) is 24.5 Å². The summed E-state index contributed by atoms with van der Waals surface area (Å²) in [4.78, 5) is 0. The van der Waals surface area contributed by atoms with Gasteiger partial charge in [0.05, 0.1) is 12.8 Å². The Labute approximate surface area is 113 Å². The fourth-order valence-electron chi connectivity index (χ4n) is 1.78. The number of furan rings is 2. The predicted molar refractivity (Wildman–Crippen MR) is 72.6 cm³/mol. The molecule has 1 N–H and O–H groups in total. The number of hydrogen-bond acceptors (Lipinski definition) is 4. The molecule has 0 atom stereocenters. The molecule has 0 saturated heterocycles. The first-order chi connectivity index (χ1) is 9.15. The van der Waals surface area contributed by atoms with Crippen LogP contribution in [0.5, 0.6) is 0 Å². The maximum atomic E-state index is 5.77. The second-order valence-corrected chi connectivity index (χ2v) is 4.93. The SMILES string of the molecule is Cc1cc(COCc2ccco2)oc1CNC(C)C. The van der Waals surface area contributed by atoms with Gasteiger partial charge < -0.3 is 18.9 Å². The second-order valence-electron chi connectivity index (χ2n) is 4.93. The second kappa shape index (κ2) is 6.59. The van der Waals surface area contributed by atoms with Crippen molar-refractivity contribution < 1.29 is 13.6 Å². The Morgan fingerprint density at radius 1 is 1.26 bits per heavy atom. The zero-order valence-electron chi connectivity index (χ0n) is 11.7. The van der Waals surface area contributed by atoms with Crippen molar-refractivity contribution in [1.29, 1.82) is 0 Å². The van der Waals surface area contributed by atoms with Crippen molar-refractivity contribution in [3.8, 4) is 0 Å². The van der Waals surface area contributed by atoms with Crippen molar-refractivity contribution in [3.05, 3.63) is 47.3 Å². The van der Waals surface area contributed by atoms with Gasteiger partial charge in [-0.1, -0.05) is 13.8 Å². The van der Waals surface area contributed by atoms with Crippen molar-refractivity contribution >= 4 is 0 Å². The van der Waals surface area contributed by atoms with Crippen molar-refractivity contribution in [2.75, 3.05) is 0 Å². The van der Waals surface area contributed by atoms with E-state index in [1.165, 1.54) is 0 Å². The quantitative estimate of drug-likeness (QED) is 0.831. The van der Waals surface area contributed by atoms with Crippen LogP contribution in [0.4, 0.5) is 0 Å². The first-order valence-corrected chi connectivity index (χ1v) is 6.57. The van der Waals surface area contributed by atoms with E-state index in [1.807, 2.05) is 18.2 Å². The summed E-state index contributed by atoms with van der Waals surface area (Å²) in [6.07, 6.45) is 1.64. The highest BCUT2D eigenvalue weighted by atomic mass is 16.5. The summed E-state index contributed by atoms with van der Waals surface area (Å²) >= 11 is 0. The minimum absolute atomic E-state index is 0.447. The van der Waals surface area contributed by atoms with Gasteiger partial charge in [-0.3, -0.25) is 0 Å². The van der Waals surface area contributed by atoms with E-state index in [0.29, 0.717) is 19.3 Å². The van der Waals surface area contributed by atoms with Crippen LogP contribution in [0, 0.1) is 6.92 Å². The summed E-state index contributed by atoms with van der Waals surface area (Å²) in [6.45, 7) is 7.96. The number of aryl methyl sites for hydroxylation is 1. The van der Waals surface area contributed by atoms with Crippen LogP contribution in [0.2, 0.25) is 0 Å². The molecule has 0 saturated carbocycles. The molecule has 0 spiro atoms. The van der Waals surface area contributed by atoms with Crippen molar-refractivity contribution in [2.45, 2.75) is 46.6 Å². The van der Waals surface area contributed by atoms with Gasteiger partial charge in [0.2, 0.25) is 0 Å². The predicted octanol–water partition coefficient (Wildman–Crippen LogP) is 3.40. The molecule has 4 nitrogen and oxygen atoms in total. The lowest BCUT2D eigenvalue weighted by Gasteiger charge is -2.06. The maximum Gasteiger partial charge on any atom is 0.130 e. The van der Waals surface area contributed by atoms with E-state index in [-0.39, 0.29) is 0 Å². The first-order valence-electron chi connectivity index (χ1n) is 6.57. The maximum absolute atomic E-state index is 5.77. The number of ether oxygens (including phenoxy) is 1. The Hall–Kier alpha value is -1.52. The third-order valence-electron chi connectivity index (χ3n) is 2.81. The number of rotatable bonds is 7. The van der Waals surface area contributed by atoms with Gasteiger partial charge in [0.1, 0.15) is 30.5 Å². The molecule has 2 heterocycles. The molecular weight excluding hydrogens is 242 g/mol. The fourth-order valence-corrected chi connectivity index (χ4v) is 1.78. The van der Waals surface area contributed by atoms with E-state index in [9.17, 15) is 0 Å². The molecule has 0 aliphatic carbocycles. The molecule has 19 heavy (non-hydrogen) atoms. The van der Waals surface area contributed by atoms with Crippen LogP contribution < -0.4 is 5.32 Å². The van der Waals surface area contributed by atoms with Crippen LogP contribution in [0.25, 0.3) is 0 Å². The highest BCUT2D eigenvalue weighted by Gasteiger charge is 2.08. The normalized spacial score (nSPS) is 11.4. The summed E-state index contributed by atoms with van der Waals surface area (Å²) in [5.74, 6) is 2.65. The minimum Gasteiger partial charge on any atom is -0.467 e. The molecular formula is C15H21NO3. The number of nitrogens with one attached hydrogen (secondary N) is 1. The van der Waals surface area contributed by atoms with Gasteiger partial charge >= 0.3 is 0 Å². The van der Waals surface area contributed by atoms with Crippen LogP contribution in [0.3, 0.4) is 0 Å². The van der Waals surface area contributed by atoms with E-state index in [4.69, 9.17) is 13.6 Å². The molecule has 4 heteroatoms. The van der Waals surface area contributed by atoms with E-state index < -0.39 is 0 Å². The van der Waals surface area contributed by atoms with Gasteiger partial charge in [-0.15, -0.1) is 0 Å². The Kier molecular flexibility index (Phi) is 4.82. The molecule has 0 radical (unpaired) electrons. The molecule has 2 aromatic heterocycles. The monoisotopic (exact) mass is 263 g/mol. The summed E-state index contributed by atoms with van der Waals surface area (Å²) in [5.41, 5.74) is 1.16. The lowest BCUT2D eigenvalue weighted by atomic mass is 10.2. The van der Waals surface area contributed by atoms with E-state index in [1.54, 1.807) is 6.26 Å². The van der Waals surface area contributed by atoms with Gasteiger partial charge in [0.15, 0.2) is 0 Å². The molecule has 0 amide bonds. The molecule has 0 aliphatic heterocycles. The average molecular weight is 263 g/mol. The molecule has 0 aromatic carbocycles. The summed E-state index contributed by atoms with van der Waals surface area (Å²) < 4.78 is 16.5. The molecule has 104 valence electrons. The molecule has 0 bridgehead atoms. The summed E-state index contributed by atoms with van der Waals surface area (Å²) in [5, 5.41) is 3.34. The smallest absolute Gasteiger partial charge is 0.130 e. The van der Waals surface area contributed by atoms with Gasteiger partial charge in [-0.05, 0) is 30.7 Å². The van der Waals surface area contributed by atoms with E-state index >= 15 is 0 Å². The molecule has 2 aromatic rings. The van der Waals surface area contributed by atoms with Crippen molar-refractivity contribution in [3.63, 3.8) is 0 Å². The Bertz CT molecular complexity index is 485. The summed E-state index contributed by atoms with van der Waals surface area (Å²) in [6, 6.07) is 6.22. The lowest BCUT2D eigenvalue weighted by Crippen LogP contribution is -2.21. The highest BCUT2D eigenvalue weighted by molar-refractivity contribution is 5.19. The Morgan fingerprint density at radius 3 is 2.74 bits per heavy atom. The third-order valence-corrected chi connectivity index (χ3v) is 2.81. The fraction of sp³-hybridized carbons (Fsp3) is 0.467. The van der Waals surface area contributed by atoms with Crippen LogP contribution in [0.1, 0.15) is 36.7 Å². The van der Waals surface area contributed by atoms with Crippen LogP contribution in [0.15, 0.2) is 33.3 Å². The van der Waals surface area contributed by atoms with Gasteiger partial charge in [0.25, 0.3) is 0 Å². The average Bonchev–Trinajstić information content (AvgIpc) is 2.97. The zero-order chi connectivity index (χ0) is 13.7. The molecule has 0 fully saturated rings. The van der Waals surface area contributed by atoms with E-state index in [0.717, 1.165) is 29.4 Å². The van der Waals surface area contributed by atoms with Crippen molar-refractivity contribution in [2.24, 2.45) is 0 Å².